The van der Waals surface area contributed by atoms with Crippen molar-refractivity contribution < 1.29 is 12.6 Å². The summed E-state index contributed by atoms with van der Waals surface area (Å²) in [7, 11) is -3.58. The number of hydrogen-bond donors (Lipinski definition) is 1. The second-order valence-electron chi connectivity index (χ2n) is 2.58. The minimum Gasteiger partial charge on any atom is -0.371 e. The summed E-state index contributed by atoms with van der Waals surface area (Å²) in [6, 6.07) is 5.18. The Kier molecular flexibility index (Phi) is 2.05. The molecule has 0 amide bonds. The molecule has 0 atom stereocenters. The van der Waals surface area contributed by atoms with Crippen molar-refractivity contribution in [2.45, 2.75) is 6.54 Å². The van der Waals surface area contributed by atoms with Crippen molar-refractivity contribution in [3.8, 4) is 5.75 Å². The summed E-state index contributed by atoms with van der Waals surface area (Å²) >= 11 is 3.30. The maximum atomic E-state index is 11.0. The molecule has 6 heteroatoms. The van der Waals surface area contributed by atoms with Gasteiger partial charge < -0.3 is 4.18 Å². The van der Waals surface area contributed by atoms with Gasteiger partial charge in [-0.15, -0.1) is 0 Å². The smallest absolute Gasteiger partial charge is 0.371 e. The molecule has 1 N–H and O–H groups in total. The predicted molar refractivity (Wildman–Crippen MR) is 50.5 cm³/mol. The van der Waals surface area contributed by atoms with Gasteiger partial charge in [0.25, 0.3) is 0 Å². The Morgan fingerprint density at radius 1 is 1.46 bits per heavy atom. The third kappa shape index (κ3) is 1.70. The van der Waals surface area contributed by atoms with Crippen LogP contribution in [0.15, 0.2) is 22.7 Å². The SMILES string of the molecule is O=S1(=O)NCc2c(Br)cccc2O1. The number of fused-ring (bicyclic) bond motifs is 1. The third-order valence-corrected chi connectivity index (χ3v) is 3.34. The van der Waals surface area contributed by atoms with E-state index in [1.54, 1.807) is 12.1 Å². The molecule has 4 nitrogen and oxygen atoms in total. The van der Waals surface area contributed by atoms with Crippen LogP contribution in [0.2, 0.25) is 0 Å². The highest BCUT2D eigenvalue weighted by Crippen LogP contribution is 2.29. The van der Waals surface area contributed by atoms with E-state index >= 15 is 0 Å². The maximum absolute atomic E-state index is 11.0. The second kappa shape index (κ2) is 2.97. The van der Waals surface area contributed by atoms with Crippen molar-refractivity contribution in [3.63, 3.8) is 0 Å². The number of halogens is 1. The Hall–Kier alpha value is -0.590. The van der Waals surface area contributed by atoms with Gasteiger partial charge in [0.05, 0.1) is 0 Å². The number of benzene rings is 1. The van der Waals surface area contributed by atoms with Gasteiger partial charge in [0.15, 0.2) is 0 Å². The van der Waals surface area contributed by atoms with Gasteiger partial charge in [-0.2, -0.15) is 13.1 Å². The van der Waals surface area contributed by atoms with Gasteiger partial charge in [0.1, 0.15) is 5.75 Å². The molecule has 0 spiro atoms. The highest BCUT2D eigenvalue weighted by Gasteiger charge is 2.22. The van der Waals surface area contributed by atoms with Crippen molar-refractivity contribution in [3.05, 3.63) is 28.2 Å². The van der Waals surface area contributed by atoms with Crippen molar-refractivity contribution >= 4 is 26.2 Å². The van der Waals surface area contributed by atoms with Crippen LogP contribution in [0.1, 0.15) is 5.56 Å². The molecule has 1 aromatic carbocycles. The van der Waals surface area contributed by atoms with Crippen LogP contribution < -0.4 is 8.91 Å². The first-order valence-corrected chi connectivity index (χ1v) is 5.75. The Balaban J connectivity index is 2.54. The first-order chi connectivity index (χ1) is 6.08. The Labute approximate surface area is 84.3 Å². The van der Waals surface area contributed by atoms with Crippen LogP contribution in [-0.4, -0.2) is 8.42 Å². The van der Waals surface area contributed by atoms with E-state index in [9.17, 15) is 8.42 Å². The zero-order valence-electron chi connectivity index (χ0n) is 6.45. The average molecular weight is 264 g/mol. The van der Waals surface area contributed by atoms with Crippen LogP contribution in [0.3, 0.4) is 0 Å². The summed E-state index contributed by atoms with van der Waals surface area (Å²) in [5, 5.41) is 0. The fourth-order valence-electron chi connectivity index (χ4n) is 1.10. The number of hydrogen-bond acceptors (Lipinski definition) is 3. The van der Waals surface area contributed by atoms with Crippen molar-refractivity contribution in [1.29, 1.82) is 0 Å². The molecule has 70 valence electrons. The van der Waals surface area contributed by atoms with Gasteiger partial charge in [-0.05, 0) is 12.1 Å². The van der Waals surface area contributed by atoms with Crippen LogP contribution in [-0.2, 0) is 16.8 Å². The Bertz CT molecular complexity index is 443. The first-order valence-electron chi connectivity index (χ1n) is 3.55. The van der Waals surface area contributed by atoms with Crippen LogP contribution in [0, 0.1) is 0 Å². The zero-order valence-corrected chi connectivity index (χ0v) is 8.85. The summed E-state index contributed by atoms with van der Waals surface area (Å²) in [5.41, 5.74) is 0.817. The molecule has 0 saturated carbocycles. The first kappa shape index (κ1) is 8.98. The van der Waals surface area contributed by atoms with Gasteiger partial charge in [0, 0.05) is 16.6 Å². The van der Waals surface area contributed by atoms with Gasteiger partial charge >= 0.3 is 10.3 Å². The zero-order chi connectivity index (χ0) is 9.47. The summed E-state index contributed by atoms with van der Waals surface area (Å²) in [4.78, 5) is 0. The van der Waals surface area contributed by atoms with Crippen LogP contribution >= 0.6 is 15.9 Å². The summed E-state index contributed by atoms with van der Waals surface area (Å²) in [5.74, 6) is 0.383. The quantitative estimate of drug-likeness (QED) is 0.765. The molecule has 0 aliphatic carbocycles. The summed E-state index contributed by atoms with van der Waals surface area (Å²) in [6.45, 7) is 0.263. The number of nitrogens with one attached hydrogen (secondary N) is 1. The van der Waals surface area contributed by atoms with E-state index in [4.69, 9.17) is 4.18 Å². The third-order valence-electron chi connectivity index (χ3n) is 1.70. The molecule has 1 heterocycles. The molecule has 0 unspecified atom stereocenters. The molecular formula is C7H6BrNO3S. The lowest BCUT2D eigenvalue weighted by molar-refractivity contribution is 0.453. The predicted octanol–water partition coefficient (Wildman–Crippen LogP) is 1.18. The van der Waals surface area contributed by atoms with E-state index in [1.807, 2.05) is 6.07 Å². The number of rotatable bonds is 0. The fraction of sp³-hybridized carbons (Fsp3) is 0.143. The maximum Gasteiger partial charge on any atom is 0.382 e. The summed E-state index contributed by atoms with van der Waals surface area (Å²) < 4.78 is 29.8. The van der Waals surface area contributed by atoms with E-state index in [2.05, 4.69) is 20.7 Å². The standard InChI is InChI=1S/C7H6BrNO3S/c8-6-2-1-3-7-5(6)4-9-13(10,11)12-7/h1-3,9H,4H2. The van der Waals surface area contributed by atoms with Gasteiger partial charge in [-0.25, -0.2) is 0 Å². The lowest BCUT2D eigenvalue weighted by atomic mass is 10.2. The molecule has 1 aromatic rings. The molecule has 0 aromatic heterocycles. The summed E-state index contributed by atoms with van der Waals surface area (Å²) in [6.07, 6.45) is 0. The van der Waals surface area contributed by atoms with E-state index in [-0.39, 0.29) is 6.54 Å². The highest BCUT2D eigenvalue weighted by molar-refractivity contribution is 9.10. The van der Waals surface area contributed by atoms with Crippen molar-refractivity contribution in [2.75, 3.05) is 0 Å². The van der Waals surface area contributed by atoms with Crippen LogP contribution in [0.5, 0.6) is 5.75 Å². The van der Waals surface area contributed by atoms with Gasteiger partial charge in [-0.1, -0.05) is 22.0 Å². The van der Waals surface area contributed by atoms with Crippen molar-refractivity contribution in [1.82, 2.24) is 4.72 Å². The van der Waals surface area contributed by atoms with Crippen LogP contribution in [0.4, 0.5) is 0 Å². The average Bonchev–Trinajstić information content (AvgIpc) is 2.02. The lowest BCUT2D eigenvalue weighted by Crippen LogP contribution is -2.32. The molecular weight excluding hydrogens is 258 g/mol. The van der Waals surface area contributed by atoms with Crippen LogP contribution in [0.25, 0.3) is 0 Å². The van der Waals surface area contributed by atoms with E-state index in [1.165, 1.54) is 0 Å². The molecule has 0 fully saturated rings. The second-order valence-corrected chi connectivity index (χ2v) is 4.79. The van der Waals surface area contributed by atoms with E-state index in [0.29, 0.717) is 5.75 Å². The molecule has 13 heavy (non-hydrogen) atoms. The fourth-order valence-corrected chi connectivity index (χ4v) is 2.36. The minimum absolute atomic E-state index is 0.263. The van der Waals surface area contributed by atoms with Gasteiger partial charge in [0.2, 0.25) is 0 Å². The minimum atomic E-state index is -3.58. The normalized spacial score (nSPS) is 18.8. The lowest BCUT2D eigenvalue weighted by Gasteiger charge is -2.18. The molecule has 0 saturated heterocycles. The molecule has 0 bridgehead atoms. The molecule has 1 aliphatic heterocycles. The highest BCUT2D eigenvalue weighted by atomic mass is 79.9. The Morgan fingerprint density at radius 2 is 2.23 bits per heavy atom. The monoisotopic (exact) mass is 263 g/mol. The van der Waals surface area contributed by atoms with Gasteiger partial charge in [-0.3, -0.25) is 0 Å². The Morgan fingerprint density at radius 3 is 3.00 bits per heavy atom. The van der Waals surface area contributed by atoms with Crippen molar-refractivity contribution in [2.24, 2.45) is 0 Å². The molecule has 2 rings (SSSR count). The largest absolute Gasteiger partial charge is 0.382 e. The van der Waals surface area contributed by atoms with E-state index < -0.39 is 10.3 Å². The molecule has 0 radical (unpaired) electrons. The van der Waals surface area contributed by atoms with E-state index in [0.717, 1.165) is 10.0 Å². The molecule has 1 aliphatic rings. The topological polar surface area (TPSA) is 55.4 Å².